The van der Waals surface area contributed by atoms with Crippen LogP contribution >= 0.6 is 0 Å². The Labute approximate surface area is 118 Å². The van der Waals surface area contributed by atoms with Crippen LogP contribution in [0.1, 0.15) is 12.5 Å². The number of hydrogen-bond acceptors (Lipinski definition) is 3. The molecular weight excluding hydrogens is 252 g/mol. The molecule has 0 aliphatic heterocycles. The Balaban J connectivity index is 1.94. The summed E-state index contributed by atoms with van der Waals surface area (Å²) < 4.78 is 5.17. The van der Waals surface area contributed by atoms with E-state index in [1.165, 1.54) is 0 Å². The van der Waals surface area contributed by atoms with Crippen molar-refractivity contribution in [2.45, 2.75) is 13.5 Å². The van der Waals surface area contributed by atoms with Crippen LogP contribution in [-0.2, 0) is 6.54 Å². The normalized spacial score (nSPS) is 10.1. The molecule has 4 heteroatoms. The summed E-state index contributed by atoms with van der Waals surface area (Å²) in [5.74, 6) is 0.522. The fraction of sp³-hybridized carbons (Fsp3) is 0.188. The summed E-state index contributed by atoms with van der Waals surface area (Å²) in [6.45, 7) is 3.74. The van der Waals surface area contributed by atoms with Gasteiger partial charge in [-0.15, -0.1) is 0 Å². The van der Waals surface area contributed by atoms with Gasteiger partial charge in [-0.3, -0.25) is 5.32 Å². The van der Waals surface area contributed by atoms with Gasteiger partial charge in [-0.05, 0) is 36.4 Å². The van der Waals surface area contributed by atoms with Crippen molar-refractivity contribution in [1.29, 1.82) is 0 Å². The van der Waals surface area contributed by atoms with Crippen LogP contribution in [0.15, 0.2) is 54.6 Å². The van der Waals surface area contributed by atoms with E-state index in [-0.39, 0.29) is 0 Å². The Hall–Kier alpha value is -2.33. The summed E-state index contributed by atoms with van der Waals surface area (Å²) in [7, 11) is 0. The average molecular weight is 270 g/mol. The molecule has 0 heterocycles. The Morgan fingerprint density at radius 2 is 1.90 bits per heavy atom. The van der Waals surface area contributed by atoms with E-state index in [9.17, 15) is 4.79 Å². The summed E-state index contributed by atoms with van der Waals surface area (Å²) in [6.07, 6.45) is -0.489. The molecule has 0 unspecified atom stereocenters. The van der Waals surface area contributed by atoms with Crippen LogP contribution in [0.5, 0.6) is 5.75 Å². The minimum absolute atomic E-state index is 0.489. The molecule has 0 saturated heterocycles. The molecule has 0 saturated carbocycles. The second kappa shape index (κ2) is 7.31. The second-order valence-corrected chi connectivity index (χ2v) is 4.31. The van der Waals surface area contributed by atoms with Gasteiger partial charge in [0.05, 0.1) is 0 Å². The Morgan fingerprint density at radius 1 is 1.10 bits per heavy atom. The second-order valence-electron chi connectivity index (χ2n) is 4.31. The van der Waals surface area contributed by atoms with Gasteiger partial charge in [-0.25, -0.2) is 4.79 Å². The minimum atomic E-state index is -0.489. The predicted octanol–water partition coefficient (Wildman–Crippen LogP) is 3.41. The van der Waals surface area contributed by atoms with E-state index in [0.717, 1.165) is 24.3 Å². The standard InChI is InChI=1S/C16H18N2O2/c1-2-17-12-13-7-6-8-14(11-13)18-16(19)20-15-9-4-3-5-10-15/h3-11,17H,2,12H2,1H3,(H,18,19). The molecule has 2 N–H and O–H groups in total. The SMILES string of the molecule is CCNCc1cccc(NC(=O)Oc2ccccc2)c1. The molecular formula is C16H18N2O2. The van der Waals surface area contributed by atoms with Gasteiger partial charge in [0.15, 0.2) is 0 Å². The monoisotopic (exact) mass is 270 g/mol. The maximum absolute atomic E-state index is 11.8. The lowest BCUT2D eigenvalue weighted by Crippen LogP contribution is -2.17. The van der Waals surface area contributed by atoms with Crippen molar-refractivity contribution in [2.24, 2.45) is 0 Å². The summed E-state index contributed by atoms with van der Waals surface area (Å²) in [5.41, 5.74) is 1.84. The molecule has 2 aromatic carbocycles. The van der Waals surface area contributed by atoms with E-state index >= 15 is 0 Å². The number of carbonyl (C=O) groups is 1. The number of hydrogen-bond donors (Lipinski definition) is 2. The first-order valence-electron chi connectivity index (χ1n) is 6.61. The van der Waals surface area contributed by atoms with Gasteiger partial charge < -0.3 is 10.1 Å². The number of benzene rings is 2. The van der Waals surface area contributed by atoms with Gasteiger partial charge in [-0.1, -0.05) is 37.3 Å². The van der Waals surface area contributed by atoms with E-state index in [4.69, 9.17) is 4.74 Å². The summed E-state index contributed by atoms with van der Waals surface area (Å²) >= 11 is 0. The molecule has 0 fully saturated rings. The number of ether oxygens (including phenoxy) is 1. The molecule has 4 nitrogen and oxygen atoms in total. The zero-order chi connectivity index (χ0) is 14.2. The highest BCUT2D eigenvalue weighted by Crippen LogP contribution is 2.13. The van der Waals surface area contributed by atoms with E-state index in [1.807, 2.05) is 42.5 Å². The van der Waals surface area contributed by atoms with Crippen molar-refractivity contribution in [3.63, 3.8) is 0 Å². The van der Waals surface area contributed by atoms with Crippen LogP contribution in [0.3, 0.4) is 0 Å². The summed E-state index contributed by atoms with van der Waals surface area (Å²) in [6, 6.07) is 16.7. The van der Waals surface area contributed by atoms with Crippen molar-refractivity contribution < 1.29 is 9.53 Å². The zero-order valence-electron chi connectivity index (χ0n) is 11.4. The molecule has 0 aliphatic rings. The number of para-hydroxylation sites is 1. The first-order chi connectivity index (χ1) is 9.78. The van der Waals surface area contributed by atoms with Crippen molar-refractivity contribution in [3.05, 3.63) is 60.2 Å². The molecule has 0 radical (unpaired) electrons. The topological polar surface area (TPSA) is 50.4 Å². The van der Waals surface area contributed by atoms with Crippen LogP contribution in [0.25, 0.3) is 0 Å². The van der Waals surface area contributed by atoms with Gasteiger partial charge in [0.25, 0.3) is 0 Å². The fourth-order valence-corrected chi connectivity index (χ4v) is 1.77. The first-order valence-corrected chi connectivity index (χ1v) is 6.61. The van der Waals surface area contributed by atoms with Crippen LogP contribution in [0, 0.1) is 0 Å². The molecule has 0 spiro atoms. The molecule has 1 amide bonds. The maximum Gasteiger partial charge on any atom is 0.417 e. The van der Waals surface area contributed by atoms with Gasteiger partial charge in [0.2, 0.25) is 0 Å². The number of carbonyl (C=O) groups excluding carboxylic acids is 1. The number of amides is 1. The molecule has 2 aromatic rings. The van der Waals surface area contributed by atoms with Crippen LogP contribution < -0.4 is 15.4 Å². The summed E-state index contributed by atoms with van der Waals surface area (Å²) in [5, 5.41) is 5.96. The Morgan fingerprint density at radius 3 is 2.65 bits per heavy atom. The van der Waals surface area contributed by atoms with Gasteiger partial charge in [0.1, 0.15) is 5.75 Å². The lowest BCUT2D eigenvalue weighted by atomic mass is 10.2. The maximum atomic E-state index is 11.8. The zero-order valence-corrected chi connectivity index (χ0v) is 11.4. The van der Waals surface area contributed by atoms with Gasteiger partial charge >= 0.3 is 6.09 Å². The third kappa shape index (κ3) is 4.40. The molecule has 20 heavy (non-hydrogen) atoms. The smallest absolute Gasteiger partial charge is 0.410 e. The number of anilines is 1. The van der Waals surface area contributed by atoms with Crippen molar-refractivity contribution in [3.8, 4) is 5.75 Å². The van der Waals surface area contributed by atoms with Crippen LogP contribution in [-0.4, -0.2) is 12.6 Å². The largest absolute Gasteiger partial charge is 0.417 e. The average Bonchev–Trinajstić information content (AvgIpc) is 2.46. The molecule has 0 atom stereocenters. The van der Waals surface area contributed by atoms with Crippen molar-refractivity contribution in [1.82, 2.24) is 5.32 Å². The third-order valence-corrected chi connectivity index (χ3v) is 2.71. The molecule has 0 bridgehead atoms. The first kappa shape index (κ1) is 14.1. The fourth-order valence-electron chi connectivity index (χ4n) is 1.77. The molecule has 0 aromatic heterocycles. The van der Waals surface area contributed by atoms with Crippen molar-refractivity contribution in [2.75, 3.05) is 11.9 Å². The minimum Gasteiger partial charge on any atom is -0.410 e. The highest BCUT2D eigenvalue weighted by Gasteiger charge is 2.05. The van der Waals surface area contributed by atoms with Crippen LogP contribution in [0.4, 0.5) is 10.5 Å². The Kier molecular flexibility index (Phi) is 5.15. The van der Waals surface area contributed by atoms with Gasteiger partial charge in [-0.2, -0.15) is 0 Å². The quantitative estimate of drug-likeness (QED) is 0.875. The Bertz CT molecular complexity index is 555. The third-order valence-electron chi connectivity index (χ3n) is 2.71. The summed E-state index contributed by atoms with van der Waals surface area (Å²) in [4.78, 5) is 11.8. The van der Waals surface area contributed by atoms with Crippen molar-refractivity contribution >= 4 is 11.8 Å². The molecule has 104 valence electrons. The lowest BCUT2D eigenvalue weighted by Gasteiger charge is -2.08. The van der Waals surface area contributed by atoms with E-state index in [1.54, 1.807) is 12.1 Å². The highest BCUT2D eigenvalue weighted by atomic mass is 16.6. The van der Waals surface area contributed by atoms with E-state index in [0.29, 0.717) is 5.75 Å². The molecule has 2 rings (SSSR count). The van der Waals surface area contributed by atoms with E-state index in [2.05, 4.69) is 17.6 Å². The van der Waals surface area contributed by atoms with E-state index < -0.39 is 6.09 Å². The lowest BCUT2D eigenvalue weighted by molar-refractivity contribution is 0.215. The van der Waals surface area contributed by atoms with Crippen LogP contribution in [0.2, 0.25) is 0 Å². The number of nitrogens with one attached hydrogen (secondary N) is 2. The predicted molar refractivity (Wildman–Crippen MR) is 79.9 cm³/mol. The molecule has 0 aliphatic carbocycles. The van der Waals surface area contributed by atoms with Gasteiger partial charge in [0, 0.05) is 12.2 Å². The number of rotatable bonds is 5. The highest BCUT2D eigenvalue weighted by molar-refractivity contribution is 5.86.